The molecule has 276 valence electrons. The van der Waals surface area contributed by atoms with Crippen molar-refractivity contribution in [2.24, 2.45) is 46.3 Å². The van der Waals surface area contributed by atoms with Gasteiger partial charge in [-0.3, -0.25) is 4.79 Å². The Bertz CT molecular complexity index is 1040. The molecular formula is C42H73IO4Sn. The predicted molar refractivity (Wildman–Crippen MR) is 212 cm³/mol. The Labute approximate surface area is 313 Å². The summed E-state index contributed by atoms with van der Waals surface area (Å²) in [5.41, 5.74) is 1.67. The molecule has 0 unspecified atom stereocenters. The van der Waals surface area contributed by atoms with Crippen LogP contribution in [0.15, 0.2) is 12.2 Å². The van der Waals surface area contributed by atoms with E-state index in [0.717, 1.165) is 52.9 Å². The van der Waals surface area contributed by atoms with E-state index in [1.165, 1.54) is 103 Å². The molecule has 4 fully saturated rings. The fraction of sp³-hybridized carbons (Fsp3) is 0.905. The monoisotopic (exact) mass is 888 g/mol. The second kappa shape index (κ2) is 18.8. The number of rotatable bonds is 19. The number of fused-ring (bicyclic) bond motifs is 5. The van der Waals surface area contributed by atoms with Crippen LogP contribution in [0.3, 0.4) is 0 Å². The molecule has 4 aliphatic carbocycles. The molecule has 4 aliphatic rings. The van der Waals surface area contributed by atoms with E-state index in [9.17, 15) is 9.59 Å². The predicted octanol–water partition coefficient (Wildman–Crippen LogP) is 12.4. The molecule has 0 amide bonds. The molecule has 0 heterocycles. The number of hydrogen-bond donors (Lipinski definition) is 0. The Morgan fingerprint density at radius 1 is 0.854 bits per heavy atom. The van der Waals surface area contributed by atoms with Crippen LogP contribution in [0.1, 0.15) is 151 Å². The van der Waals surface area contributed by atoms with Gasteiger partial charge in [-0.2, -0.15) is 0 Å². The SMILES string of the molecule is C=C([CH2][Sn]([CH2]CCC)([CH2]CCC)[CH2]CCC)C(=O)O[C@@H]1CC[C@@]2(C)[C@H](CC[C@@H]3[C@@H]2CC[C@]2(C)[C@@H]([C@H](C)CCCOC(=O)CI)CC[C@@H]32)C1. The van der Waals surface area contributed by atoms with E-state index in [-0.39, 0.29) is 18.0 Å². The van der Waals surface area contributed by atoms with Crippen LogP contribution in [0.2, 0.25) is 17.7 Å². The normalized spacial score (nSPS) is 33.6. The van der Waals surface area contributed by atoms with Gasteiger partial charge in [-0.05, 0) is 31.1 Å². The minimum atomic E-state index is -2.48. The zero-order valence-corrected chi connectivity index (χ0v) is 37.0. The number of esters is 2. The summed E-state index contributed by atoms with van der Waals surface area (Å²) in [5, 5.41) is 0. The van der Waals surface area contributed by atoms with Crippen LogP contribution in [0.25, 0.3) is 0 Å². The quantitative estimate of drug-likeness (QED) is 0.0324. The number of carbonyl (C=O) groups is 2. The van der Waals surface area contributed by atoms with Crippen molar-refractivity contribution in [1.29, 1.82) is 0 Å². The summed E-state index contributed by atoms with van der Waals surface area (Å²) >= 11 is -0.398. The molecule has 0 aromatic carbocycles. The fourth-order valence-corrected chi connectivity index (χ4v) is 28.5. The zero-order chi connectivity index (χ0) is 35.0. The molecule has 0 aromatic heterocycles. The molecule has 0 aliphatic heterocycles. The Balaban J connectivity index is 1.33. The van der Waals surface area contributed by atoms with Crippen LogP contribution in [0, 0.1) is 46.3 Å². The molecule has 0 aromatic rings. The molecule has 0 N–H and O–H groups in total. The molecule has 0 bridgehead atoms. The van der Waals surface area contributed by atoms with Gasteiger partial charge in [-0.25, -0.2) is 0 Å². The van der Waals surface area contributed by atoms with E-state index in [4.69, 9.17) is 9.47 Å². The van der Waals surface area contributed by atoms with Crippen molar-refractivity contribution >= 4 is 52.9 Å². The van der Waals surface area contributed by atoms with Crippen LogP contribution in [-0.4, -0.2) is 47.5 Å². The van der Waals surface area contributed by atoms with Gasteiger partial charge >= 0.3 is 228 Å². The topological polar surface area (TPSA) is 52.6 Å². The number of unbranched alkanes of at least 4 members (excludes halogenated alkanes) is 3. The molecule has 6 heteroatoms. The summed E-state index contributed by atoms with van der Waals surface area (Å²) in [6.45, 7) is 19.7. The molecule has 4 rings (SSSR count). The maximum absolute atomic E-state index is 13.6. The summed E-state index contributed by atoms with van der Waals surface area (Å²) in [7, 11) is 0. The first-order valence-corrected chi connectivity index (χ1v) is 30.2. The molecule has 48 heavy (non-hydrogen) atoms. The molecule has 4 nitrogen and oxygen atoms in total. The fourth-order valence-electron chi connectivity index (χ4n) is 12.2. The number of alkyl halides is 1. The van der Waals surface area contributed by atoms with Gasteiger partial charge in [0.1, 0.15) is 0 Å². The van der Waals surface area contributed by atoms with Crippen LogP contribution < -0.4 is 0 Å². The van der Waals surface area contributed by atoms with Gasteiger partial charge in [0.05, 0.1) is 11.0 Å². The van der Waals surface area contributed by atoms with Crippen molar-refractivity contribution in [2.75, 3.05) is 11.0 Å². The molecule has 4 saturated carbocycles. The summed E-state index contributed by atoms with van der Waals surface area (Å²) in [5.74, 6) is 4.59. The van der Waals surface area contributed by atoms with Crippen molar-refractivity contribution in [2.45, 2.75) is 175 Å². The standard InChI is InChI=1S/C30H46IO4.3C4H9.Sn/c1-19(2)28(33)35-22-12-14-29(4)21(17-22)8-9-23-25-11-10-24(30(25,5)15-13-26(23)29)20(3)7-6-16-34-27(32)18-31;3*1-3-4-2;/h20-26H,1-2,6-18H2,3-5H3;3*1,3-4H2,2H3;/t20-,21-,22-,23+,24-,25+,26+,29+,30-;;;;/m1..../s1. The zero-order valence-electron chi connectivity index (χ0n) is 32.0. The third-order valence-corrected chi connectivity index (χ3v) is 31.0. The summed E-state index contributed by atoms with van der Waals surface area (Å²) < 4.78 is 17.5. The minimum absolute atomic E-state index is 0.0504. The number of hydrogen-bond acceptors (Lipinski definition) is 4. The van der Waals surface area contributed by atoms with E-state index in [2.05, 4.69) is 70.7 Å². The van der Waals surface area contributed by atoms with Crippen LogP contribution >= 0.6 is 22.6 Å². The third-order valence-electron chi connectivity index (χ3n) is 14.9. The van der Waals surface area contributed by atoms with Crippen molar-refractivity contribution in [3.8, 4) is 0 Å². The molecular weight excluding hydrogens is 814 g/mol. The van der Waals surface area contributed by atoms with Gasteiger partial charge in [0.25, 0.3) is 0 Å². The third kappa shape index (κ3) is 9.60. The van der Waals surface area contributed by atoms with Gasteiger partial charge < -0.3 is 4.74 Å². The average Bonchev–Trinajstić information content (AvgIpc) is 3.44. The van der Waals surface area contributed by atoms with Gasteiger partial charge in [-0.15, -0.1) is 0 Å². The Morgan fingerprint density at radius 3 is 2.10 bits per heavy atom. The Kier molecular flexibility index (Phi) is 16.1. The maximum atomic E-state index is 13.6. The number of carbonyl (C=O) groups excluding carboxylic acids is 2. The summed E-state index contributed by atoms with van der Waals surface area (Å²) in [4.78, 5) is 25.2. The average molecular weight is 888 g/mol. The van der Waals surface area contributed by atoms with Crippen molar-refractivity contribution < 1.29 is 19.1 Å². The van der Waals surface area contributed by atoms with Gasteiger partial charge in [0, 0.05) is 0 Å². The second-order valence-corrected chi connectivity index (χ2v) is 32.4. The van der Waals surface area contributed by atoms with Crippen LogP contribution in [-0.2, 0) is 19.1 Å². The van der Waals surface area contributed by atoms with Crippen molar-refractivity contribution in [3.05, 3.63) is 12.2 Å². The van der Waals surface area contributed by atoms with E-state index in [1.54, 1.807) is 0 Å². The van der Waals surface area contributed by atoms with Crippen LogP contribution in [0.5, 0.6) is 0 Å². The second-order valence-electron chi connectivity index (χ2n) is 17.8. The Hall–Kier alpha value is 0.209. The Morgan fingerprint density at radius 2 is 1.48 bits per heavy atom. The molecule has 0 radical (unpaired) electrons. The first-order chi connectivity index (χ1) is 23.0. The molecule has 9 atom stereocenters. The summed E-state index contributed by atoms with van der Waals surface area (Å²) in [6.07, 6.45) is 21.5. The van der Waals surface area contributed by atoms with Gasteiger partial charge in [0.2, 0.25) is 0 Å². The van der Waals surface area contributed by atoms with Gasteiger partial charge in [-0.1, -0.05) is 36.4 Å². The van der Waals surface area contributed by atoms with E-state index in [1.807, 2.05) is 0 Å². The first-order valence-electron chi connectivity index (χ1n) is 20.6. The van der Waals surface area contributed by atoms with E-state index >= 15 is 0 Å². The first kappa shape index (κ1) is 41.0. The number of ether oxygens (including phenoxy) is 2. The molecule has 0 saturated heterocycles. The van der Waals surface area contributed by atoms with E-state index < -0.39 is 18.4 Å². The van der Waals surface area contributed by atoms with Gasteiger partial charge in [0.15, 0.2) is 0 Å². The van der Waals surface area contributed by atoms with Crippen molar-refractivity contribution in [1.82, 2.24) is 0 Å². The number of halogens is 1. The molecule has 0 spiro atoms. The van der Waals surface area contributed by atoms with E-state index in [0.29, 0.717) is 33.7 Å². The van der Waals surface area contributed by atoms with Crippen molar-refractivity contribution in [3.63, 3.8) is 0 Å². The van der Waals surface area contributed by atoms with Crippen LogP contribution in [0.4, 0.5) is 0 Å². The summed E-state index contributed by atoms with van der Waals surface area (Å²) in [6, 6.07) is 0.